The minimum atomic E-state index is -0.272. The van der Waals surface area contributed by atoms with Gasteiger partial charge in [0.1, 0.15) is 17.3 Å². The molecule has 0 bridgehead atoms. The van der Waals surface area contributed by atoms with E-state index in [4.69, 9.17) is 5.73 Å². The lowest BCUT2D eigenvalue weighted by molar-refractivity contribution is 0.345. The van der Waals surface area contributed by atoms with Crippen molar-refractivity contribution in [2.45, 2.75) is 6.04 Å². The molecule has 4 aromatic rings. The molecule has 0 aliphatic carbocycles. The van der Waals surface area contributed by atoms with Crippen molar-refractivity contribution in [3.63, 3.8) is 0 Å². The maximum absolute atomic E-state index is 13.3. The summed E-state index contributed by atoms with van der Waals surface area (Å²) in [5.74, 6) is 0.150. The van der Waals surface area contributed by atoms with E-state index in [0.717, 1.165) is 35.7 Å². The van der Waals surface area contributed by atoms with Crippen molar-refractivity contribution in [2.75, 3.05) is 18.8 Å². The van der Waals surface area contributed by atoms with Crippen LogP contribution < -0.4 is 11.1 Å². The maximum atomic E-state index is 13.3. The van der Waals surface area contributed by atoms with Gasteiger partial charge in [-0.3, -0.25) is 0 Å². The number of nitrogens with zero attached hydrogens (tertiary/aromatic N) is 5. The first kappa shape index (κ1) is 15.0. The number of aromatic nitrogens is 5. The lowest BCUT2D eigenvalue weighted by Gasteiger charge is -2.29. The van der Waals surface area contributed by atoms with Crippen molar-refractivity contribution < 1.29 is 4.39 Å². The van der Waals surface area contributed by atoms with Gasteiger partial charge in [-0.2, -0.15) is 5.10 Å². The van der Waals surface area contributed by atoms with Gasteiger partial charge in [0, 0.05) is 18.7 Å². The molecule has 3 aromatic heterocycles. The molecule has 0 atom stereocenters. The molecule has 0 spiro atoms. The lowest BCUT2D eigenvalue weighted by Crippen LogP contribution is -2.43. The number of fused-ring (bicyclic) bond motifs is 1. The number of imidazole rings is 2. The molecular weight excluding hydrogens is 333 g/mol. The number of nitrogen functional groups attached to an aromatic ring is 1. The highest BCUT2D eigenvalue weighted by molar-refractivity contribution is 5.77. The van der Waals surface area contributed by atoms with Crippen molar-refractivity contribution in [3.05, 3.63) is 54.7 Å². The summed E-state index contributed by atoms with van der Waals surface area (Å²) in [6, 6.07) is 10.5. The molecule has 0 saturated carbocycles. The summed E-state index contributed by atoms with van der Waals surface area (Å²) in [6.45, 7) is 1.76. The van der Waals surface area contributed by atoms with Crippen LogP contribution in [0, 0.1) is 5.82 Å². The number of nitrogens with two attached hydrogens (primary N) is 1. The molecule has 130 valence electrons. The number of hydrogen-bond donors (Lipinski definition) is 2. The Labute approximate surface area is 148 Å². The summed E-state index contributed by atoms with van der Waals surface area (Å²) in [4.78, 5) is 8.82. The fourth-order valence-corrected chi connectivity index (χ4v) is 3.21. The van der Waals surface area contributed by atoms with Gasteiger partial charge in [-0.15, -0.1) is 0 Å². The van der Waals surface area contributed by atoms with Gasteiger partial charge in [-0.25, -0.2) is 18.9 Å². The van der Waals surface area contributed by atoms with Crippen LogP contribution >= 0.6 is 0 Å². The van der Waals surface area contributed by atoms with Gasteiger partial charge in [0.15, 0.2) is 5.65 Å². The molecule has 1 aliphatic rings. The standard InChI is InChI=1S/C18H16FN7/c19-12-3-1-11(2-4-12)17-18(25(10-22-17)13-7-21-8-13)14-5-6-16-23-15(20)9-26(16)24-14/h1-6,9-10,13,21H,7-8,20H2. The van der Waals surface area contributed by atoms with E-state index in [2.05, 4.69) is 25.0 Å². The van der Waals surface area contributed by atoms with E-state index in [-0.39, 0.29) is 5.82 Å². The van der Waals surface area contributed by atoms with E-state index in [1.165, 1.54) is 12.1 Å². The summed E-state index contributed by atoms with van der Waals surface area (Å²) in [7, 11) is 0. The van der Waals surface area contributed by atoms with Crippen LogP contribution in [0.3, 0.4) is 0 Å². The van der Waals surface area contributed by atoms with Crippen molar-refractivity contribution in [1.82, 2.24) is 29.5 Å². The van der Waals surface area contributed by atoms with Gasteiger partial charge < -0.3 is 15.6 Å². The molecule has 26 heavy (non-hydrogen) atoms. The summed E-state index contributed by atoms with van der Waals surface area (Å²) < 4.78 is 17.1. The van der Waals surface area contributed by atoms with Crippen LogP contribution in [0.5, 0.6) is 0 Å². The van der Waals surface area contributed by atoms with E-state index < -0.39 is 0 Å². The highest BCUT2D eigenvalue weighted by atomic mass is 19.1. The summed E-state index contributed by atoms with van der Waals surface area (Å²) in [5, 5.41) is 7.94. The number of nitrogens with one attached hydrogen (secondary N) is 1. The molecule has 0 radical (unpaired) electrons. The van der Waals surface area contributed by atoms with Crippen LogP contribution in [0.2, 0.25) is 0 Å². The van der Waals surface area contributed by atoms with Crippen molar-refractivity contribution in [2.24, 2.45) is 0 Å². The molecule has 4 heterocycles. The Balaban J connectivity index is 1.71. The molecule has 0 unspecified atom stereocenters. The van der Waals surface area contributed by atoms with Gasteiger partial charge >= 0.3 is 0 Å². The van der Waals surface area contributed by atoms with Crippen LogP contribution in [0.15, 0.2) is 48.9 Å². The Kier molecular flexibility index (Phi) is 3.26. The summed E-state index contributed by atoms with van der Waals surface area (Å²) >= 11 is 0. The number of hydrogen-bond acceptors (Lipinski definition) is 5. The Bertz CT molecular complexity index is 1090. The predicted octanol–water partition coefficient (Wildman–Crippen LogP) is 2.13. The molecule has 1 saturated heterocycles. The van der Waals surface area contributed by atoms with Gasteiger partial charge in [-0.1, -0.05) is 0 Å². The normalized spacial score (nSPS) is 14.7. The third-order valence-corrected chi connectivity index (χ3v) is 4.65. The van der Waals surface area contributed by atoms with Gasteiger partial charge in [-0.05, 0) is 36.4 Å². The minimum absolute atomic E-state index is 0.272. The second-order valence-corrected chi connectivity index (χ2v) is 6.36. The largest absolute Gasteiger partial charge is 0.382 e. The van der Waals surface area contributed by atoms with Crippen LogP contribution in [0.1, 0.15) is 6.04 Å². The third kappa shape index (κ3) is 2.34. The van der Waals surface area contributed by atoms with Crippen LogP contribution in [0.4, 0.5) is 10.2 Å². The first-order valence-corrected chi connectivity index (χ1v) is 8.35. The van der Waals surface area contributed by atoms with Crippen molar-refractivity contribution in [3.8, 4) is 22.6 Å². The Morgan fingerprint density at radius 1 is 1.12 bits per heavy atom. The molecule has 8 heteroatoms. The van der Waals surface area contributed by atoms with Crippen LogP contribution in [-0.2, 0) is 0 Å². The molecule has 1 fully saturated rings. The van der Waals surface area contributed by atoms with Crippen molar-refractivity contribution in [1.29, 1.82) is 0 Å². The zero-order valence-corrected chi connectivity index (χ0v) is 13.8. The van der Waals surface area contributed by atoms with E-state index in [1.807, 2.05) is 18.5 Å². The fourth-order valence-electron chi connectivity index (χ4n) is 3.21. The first-order valence-electron chi connectivity index (χ1n) is 8.35. The van der Waals surface area contributed by atoms with Crippen molar-refractivity contribution >= 4 is 11.5 Å². The maximum Gasteiger partial charge on any atom is 0.156 e. The van der Waals surface area contributed by atoms with Gasteiger partial charge in [0.25, 0.3) is 0 Å². The fraction of sp³-hybridized carbons (Fsp3) is 0.167. The summed E-state index contributed by atoms with van der Waals surface area (Å²) in [6.07, 6.45) is 3.51. The van der Waals surface area contributed by atoms with Gasteiger partial charge in [0.2, 0.25) is 0 Å². The molecule has 7 nitrogen and oxygen atoms in total. The zero-order chi connectivity index (χ0) is 17.7. The predicted molar refractivity (Wildman–Crippen MR) is 95.9 cm³/mol. The Morgan fingerprint density at radius 2 is 1.92 bits per heavy atom. The number of rotatable bonds is 3. The highest BCUT2D eigenvalue weighted by Gasteiger charge is 2.25. The van der Waals surface area contributed by atoms with Crippen LogP contribution in [0.25, 0.3) is 28.3 Å². The second-order valence-electron chi connectivity index (χ2n) is 6.36. The highest BCUT2D eigenvalue weighted by Crippen LogP contribution is 2.33. The van der Waals surface area contributed by atoms with Crippen LogP contribution in [-0.4, -0.2) is 37.2 Å². The lowest BCUT2D eigenvalue weighted by atomic mass is 10.1. The Hall–Kier alpha value is -3.26. The Morgan fingerprint density at radius 3 is 2.65 bits per heavy atom. The number of halogens is 1. The SMILES string of the molecule is Nc1cn2nc(-c3c(-c4ccc(F)cc4)ncn3C3CNC3)ccc2n1. The quantitative estimate of drug-likeness (QED) is 0.592. The van der Waals surface area contributed by atoms with E-state index >= 15 is 0 Å². The summed E-state index contributed by atoms with van der Waals surface area (Å²) in [5.41, 5.74) is 9.74. The topological polar surface area (TPSA) is 86.1 Å². The van der Waals surface area contributed by atoms with E-state index in [1.54, 1.807) is 22.8 Å². The molecule has 1 aromatic carbocycles. The van der Waals surface area contributed by atoms with E-state index in [0.29, 0.717) is 17.5 Å². The second kappa shape index (κ2) is 5.63. The molecular formula is C18H16FN7. The average molecular weight is 349 g/mol. The molecule has 5 rings (SSSR count). The zero-order valence-electron chi connectivity index (χ0n) is 13.8. The molecule has 1 aliphatic heterocycles. The first-order chi connectivity index (χ1) is 12.7. The van der Waals surface area contributed by atoms with Gasteiger partial charge in [0.05, 0.1) is 30.0 Å². The molecule has 3 N–H and O–H groups in total. The number of anilines is 1. The monoisotopic (exact) mass is 349 g/mol. The van der Waals surface area contributed by atoms with E-state index in [9.17, 15) is 4.39 Å². The number of benzene rings is 1. The average Bonchev–Trinajstić information content (AvgIpc) is 3.16. The third-order valence-electron chi connectivity index (χ3n) is 4.65. The molecule has 0 amide bonds. The minimum Gasteiger partial charge on any atom is -0.382 e. The smallest absolute Gasteiger partial charge is 0.156 e.